The van der Waals surface area contributed by atoms with Gasteiger partial charge in [-0.25, -0.2) is 4.79 Å². The lowest BCUT2D eigenvalue weighted by Gasteiger charge is -2.08. The number of fused-ring (bicyclic) bond motifs is 1. The SMILES string of the molecule is CCOC(=O)c1c(-c2ccccc2)csc1NC(=O)Cc1coc2ccc(Cl)cc12. The summed E-state index contributed by atoms with van der Waals surface area (Å²) in [5.41, 5.74) is 3.36. The Labute approximate surface area is 182 Å². The summed E-state index contributed by atoms with van der Waals surface area (Å²) in [6.07, 6.45) is 1.64. The quantitative estimate of drug-likeness (QED) is 0.364. The van der Waals surface area contributed by atoms with Gasteiger partial charge in [-0.15, -0.1) is 11.3 Å². The Hall–Kier alpha value is -3.09. The van der Waals surface area contributed by atoms with E-state index in [0.29, 0.717) is 21.2 Å². The van der Waals surface area contributed by atoms with E-state index in [1.165, 1.54) is 11.3 Å². The lowest BCUT2D eigenvalue weighted by Crippen LogP contribution is -2.16. The van der Waals surface area contributed by atoms with Crippen LogP contribution in [0.15, 0.2) is 64.6 Å². The van der Waals surface area contributed by atoms with Crippen molar-refractivity contribution < 1.29 is 18.7 Å². The van der Waals surface area contributed by atoms with Crippen LogP contribution in [0.4, 0.5) is 5.00 Å². The van der Waals surface area contributed by atoms with Crippen LogP contribution in [-0.2, 0) is 16.0 Å². The van der Waals surface area contributed by atoms with Gasteiger partial charge in [0.15, 0.2) is 0 Å². The van der Waals surface area contributed by atoms with E-state index in [-0.39, 0.29) is 18.9 Å². The molecule has 0 atom stereocenters. The van der Waals surface area contributed by atoms with E-state index in [2.05, 4.69) is 5.32 Å². The Morgan fingerprint density at radius 3 is 2.73 bits per heavy atom. The van der Waals surface area contributed by atoms with Crippen molar-refractivity contribution in [3.8, 4) is 11.1 Å². The summed E-state index contributed by atoms with van der Waals surface area (Å²) < 4.78 is 10.7. The first-order valence-electron chi connectivity index (χ1n) is 9.36. The normalized spacial score (nSPS) is 10.9. The molecule has 2 aromatic heterocycles. The molecule has 4 rings (SSSR count). The molecule has 1 N–H and O–H groups in total. The van der Waals surface area contributed by atoms with Crippen LogP contribution in [0, 0.1) is 0 Å². The highest BCUT2D eigenvalue weighted by molar-refractivity contribution is 7.15. The molecule has 0 aliphatic carbocycles. The molecule has 0 bridgehead atoms. The van der Waals surface area contributed by atoms with E-state index in [0.717, 1.165) is 22.1 Å². The number of hydrogen-bond acceptors (Lipinski definition) is 5. The van der Waals surface area contributed by atoms with Gasteiger partial charge in [0.2, 0.25) is 5.91 Å². The third kappa shape index (κ3) is 4.10. The van der Waals surface area contributed by atoms with Gasteiger partial charge in [-0.3, -0.25) is 4.79 Å². The zero-order valence-electron chi connectivity index (χ0n) is 16.1. The lowest BCUT2D eigenvalue weighted by atomic mass is 10.0. The van der Waals surface area contributed by atoms with E-state index in [4.69, 9.17) is 20.8 Å². The standard InChI is InChI=1S/C23H18ClNO4S/c1-2-28-23(27)21-18(14-6-4-3-5-7-14)13-30-22(21)25-20(26)10-15-12-29-19-9-8-16(24)11-17(15)19/h3-9,11-13H,2,10H2,1H3,(H,25,26). The molecule has 7 heteroatoms. The molecule has 152 valence electrons. The van der Waals surface area contributed by atoms with Gasteiger partial charge in [0, 0.05) is 26.9 Å². The predicted molar refractivity (Wildman–Crippen MR) is 119 cm³/mol. The maximum absolute atomic E-state index is 12.8. The third-order valence-corrected chi connectivity index (χ3v) is 5.71. The number of anilines is 1. The fourth-order valence-corrected chi connectivity index (χ4v) is 4.37. The maximum Gasteiger partial charge on any atom is 0.341 e. The highest BCUT2D eigenvalue weighted by atomic mass is 35.5. The van der Waals surface area contributed by atoms with Crippen LogP contribution in [0.5, 0.6) is 0 Å². The number of benzene rings is 2. The second-order valence-electron chi connectivity index (χ2n) is 6.57. The van der Waals surface area contributed by atoms with E-state index >= 15 is 0 Å². The number of nitrogens with one attached hydrogen (secondary N) is 1. The first-order valence-corrected chi connectivity index (χ1v) is 10.6. The molecule has 4 aromatic rings. The molecule has 30 heavy (non-hydrogen) atoms. The molecule has 1 amide bonds. The fraction of sp³-hybridized carbons (Fsp3) is 0.130. The zero-order chi connectivity index (χ0) is 21.1. The van der Waals surface area contributed by atoms with Crippen molar-refractivity contribution >= 4 is 50.8 Å². The van der Waals surface area contributed by atoms with Crippen LogP contribution < -0.4 is 5.32 Å². The number of carbonyl (C=O) groups is 2. The summed E-state index contributed by atoms with van der Waals surface area (Å²) in [5.74, 6) is -0.724. The van der Waals surface area contributed by atoms with Crippen molar-refractivity contribution in [3.05, 3.63) is 76.3 Å². The fourth-order valence-electron chi connectivity index (χ4n) is 3.22. The van der Waals surface area contributed by atoms with Crippen molar-refractivity contribution in [2.75, 3.05) is 11.9 Å². The Morgan fingerprint density at radius 1 is 1.17 bits per heavy atom. The second-order valence-corrected chi connectivity index (χ2v) is 7.88. The predicted octanol–water partition coefficient (Wildman–Crippen LogP) is 6.17. The molecular formula is C23H18ClNO4S. The second kappa shape index (κ2) is 8.73. The summed E-state index contributed by atoms with van der Waals surface area (Å²) in [7, 11) is 0. The molecule has 0 unspecified atom stereocenters. The van der Waals surface area contributed by atoms with Gasteiger partial charge in [0.25, 0.3) is 0 Å². The zero-order valence-corrected chi connectivity index (χ0v) is 17.7. The molecule has 2 heterocycles. The van der Waals surface area contributed by atoms with Crippen LogP contribution in [0.2, 0.25) is 5.02 Å². The Bertz CT molecular complexity index is 1210. The van der Waals surface area contributed by atoms with Crippen molar-refractivity contribution in [2.45, 2.75) is 13.3 Å². The van der Waals surface area contributed by atoms with Crippen molar-refractivity contribution in [1.29, 1.82) is 0 Å². The van der Waals surface area contributed by atoms with Crippen LogP contribution in [0.1, 0.15) is 22.8 Å². The van der Waals surface area contributed by atoms with Gasteiger partial charge < -0.3 is 14.5 Å². The Morgan fingerprint density at radius 2 is 1.97 bits per heavy atom. The van der Waals surface area contributed by atoms with Crippen LogP contribution in [0.25, 0.3) is 22.1 Å². The summed E-state index contributed by atoms with van der Waals surface area (Å²) in [5, 5.41) is 6.54. The molecule has 0 saturated heterocycles. The van der Waals surface area contributed by atoms with Gasteiger partial charge in [0.05, 0.1) is 19.3 Å². The highest BCUT2D eigenvalue weighted by Gasteiger charge is 2.23. The minimum Gasteiger partial charge on any atom is -0.464 e. The topological polar surface area (TPSA) is 68.5 Å². The van der Waals surface area contributed by atoms with Crippen molar-refractivity contribution in [2.24, 2.45) is 0 Å². The third-order valence-electron chi connectivity index (χ3n) is 4.58. The number of halogens is 1. The Balaban J connectivity index is 1.62. The number of thiophene rings is 1. The van der Waals surface area contributed by atoms with Crippen molar-refractivity contribution in [1.82, 2.24) is 0 Å². The molecular weight excluding hydrogens is 422 g/mol. The number of rotatable bonds is 6. The van der Waals surface area contributed by atoms with Gasteiger partial charge in [0.1, 0.15) is 16.1 Å². The molecule has 5 nitrogen and oxygen atoms in total. The highest BCUT2D eigenvalue weighted by Crippen LogP contribution is 2.36. The van der Waals surface area contributed by atoms with Gasteiger partial charge >= 0.3 is 5.97 Å². The first-order chi connectivity index (χ1) is 14.6. The number of hydrogen-bond donors (Lipinski definition) is 1. The number of furan rings is 1. The summed E-state index contributed by atoms with van der Waals surface area (Å²) >= 11 is 7.36. The molecule has 0 aliphatic heterocycles. The molecule has 0 saturated carbocycles. The number of ether oxygens (including phenoxy) is 1. The van der Waals surface area contributed by atoms with Crippen LogP contribution in [0.3, 0.4) is 0 Å². The monoisotopic (exact) mass is 439 g/mol. The van der Waals surface area contributed by atoms with Crippen molar-refractivity contribution in [3.63, 3.8) is 0 Å². The summed E-state index contributed by atoms with van der Waals surface area (Å²) in [4.78, 5) is 25.4. The van der Waals surface area contributed by atoms with E-state index in [1.54, 1.807) is 31.4 Å². The molecule has 2 aromatic carbocycles. The number of carbonyl (C=O) groups excluding carboxylic acids is 2. The maximum atomic E-state index is 12.8. The smallest absolute Gasteiger partial charge is 0.341 e. The Kier molecular flexibility index (Phi) is 5.88. The first kappa shape index (κ1) is 20.2. The molecule has 0 spiro atoms. The average molecular weight is 440 g/mol. The minimum atomic E-state index is -0.464. The van der Waals surface area contributed by atoms with Gasteiger partial charge in [-0.05, 0) is 30.7 Å². The summed E-state index contributed by atoms with van der Waals surface area (Å²) in [6, 6.07) is 14.8. The van der Waals surface area contributed by atoms with Gasteiger partial charge in [-0.1, -0.05) is 41.9 Å². The summed E-state index contributed by atoms with van der Waals surface area (Å²) in [6.45, 7) is 2.00. The van der Waals surface area contributed by atoms with E-state index < -0.39 is 5.97 Å². The van der Waals surface area contributed by atoms with Gasteiger partial charge in [-0.2, -0.15) is 0 Å². The number of esters is 1. The molecule has 0 fully saturated rings. The van der Waals surface area contributed by atoms with Crippen LogP contribution in [-0.4, -0.2) is 18.5 Å². The molecule has 0 radical (unpaired) electrons. The minimum absolute atomic E-state index is 0.0914. The molecule has 0 aliphatic rings. The van der Waals surface area contributed by atoms with E-state index in [9.17, 15) is 9.59 Å². The van der Waals surface area contributed by atoms with Crippen LogP contribution >= 0.6 is 22.9 Å². The largest absolute Gasteiger partial charge is 0.464 e. The lowest BCUT2D eigenvalue weighted by molar-refractivity contribution is -0.115. The average Bonchev–Trinajstić information content (AvgIpc) is 3.33. The number of amides is 1. The van der Waals surface area contributed by atoms with E-state index in [1.807, 2.05) is 35.7 Å².